The predicted molar refractivity (Wildman–Crippen MR) is 96.3 cm³/mol. The fraction of sp³-hybridized carbons (Fsp3) is 0.125. The number of ether oxygens (including phenoxy) is 1. The lowest BCUT2D eigenvalue weighted by Crippen LogP contribution is -2.21. The number of benzene rings is 2. The molecule has 0 bridgehead atoms. The summed E-state index contributed by atoms with van der Waals surface area (Å²) in [6.45, 7) is -0.00337. The number of hydrogen-bond donors (Lipinski definition) is 2. The lowest BCUT2D eigenvalue weighted by Gasteiger charge is -2.11. The van der Waals surface area contributed by atoms with Gasteiger partial charge < -0.3 is 15.4 Å². The summed E-state index contributed by atoms with van der Waals surface area (Å²) in [5.74, 6) is 0.0828. The fourth-order valence-electron chi connectivity index (χ4n) is 1.93. The van der Waals surface area contributed by atoms with E-state index in [2.05, 4.69) is 10.6 Å². The average Bonchev–Trinajstić information content (AvgIpc) is 2.53. The van der Waals surface area contributed by atoms with Gasteiger partial charge in [-0.3, -0.25) is 4.79 Å². The number of hydrogen-bond acceptors (Lipinski definition) is 4. The largest absolute Gasteiger partial charge is 0.494 e. The van der Waals surface area contributed by atoms with Crippen molar-refractivity contribution in [3.8, 4) is 11.8 Å². The van der Waals surface area contributed by atoms with Gasteiger partial charge in [-0.15, -0.1) is 0 Å². The summed E-state index contributed by atoms with van der Waals surface area (Å²) >= 11 is 18.0. The van der Waals surface area contributed by atoms with Gasteiger partial charge in [-0.05, 0) is 30.3 Å². The van der Waals surface area contributed by atoms with Gasteiger partial charge in [-0.25, -0.2) is 0 Å². The first-order valence-corrected chi connectivity index (χ1v) is 7.84. The Kier molecular flexibility index (Phi) is 6.16. The molecular weight excluding hydrogens is 373 g/mol. The fourth-order valence-corrected chi connectivity index (χ4v) is 2.79. The van der Waals surface area contributed by atoms with Gasteiger partial charge in [0.05, 0.1) is 34.3 Å². The van der Waals surface area contributed by atoms with Crippen molar-refractivity contribution in [2.45, 2.75) is 0 Å². The lowest BCUT2D eigenvalue weighted by atomic mass is 10.2. The van der Waals surface area contributed by atoms with Crippen LogP contribution in [0.5, 0.6) is 5.75 Å². The van der Waals surface area contributed by atoms with Gasteiger partial charge >= 0.3 is 0 Å². The third kappa shape index (κ3) is 4.45. The zero-order valence-corrected chi connectivity index (χ0v) is 14.8. The molecule has 1 amide bonds. The van der Waals surface area contributed by atoms with Crippen molar-refractivity contribution in [2.24, 2.45) is 0 Å². The van der Waals surface area contributed by atoms with Crippen molar-refractivity contribution < 1.29 is 9.53 Å². The Bertz CT molecular complexity index is 796. The van der Waals surface area contributed by atoms with E-state index >= 15 is 0 Å². The summed E-state index contributed by atoms with van der Waals surface area (Å²) in [5.41, 5.74) is 1.42. The van der Waals surface area contributed by atoms with Gasteiger partial charge in [0.1, 0.15) is 6.07 Å². The molecule has 0 radical (unpaired) electrons. The summed E-state index contributed by atoms with van der Waals surface area (Å²) in [5, 5.41) is 15.4. The maximum Gasteiger partial charge on any atom is 0.243 e. The Balaban J connectivity index is 1.99. The molecule has 0 atom stereocenters. The molecule has 2 aromatic rings. The molecule has 0 saturated heterocycles. The van der Waals surface area contributed by atoms with Crippen LogP contribution in [0.15, 0.2) is 30.3 Å². The number of carbonyl (C=O) groups excluding carboxylic acids is 1. The van der Waals surface area contributed by atoms with Crippen molar-refractivity contribution in [3.63, 3.8) is 0 Å². The van der Waals surface area contributed by atoms with Crippen LogP contribution in [0.4, 0.5) is 11.4 Å². The zero-order valence-electron chi connectivity index (χ0n) is 12.5. The van der Waals surface area contributed by atoms with Crippen molar-refractivity contribution in [3.05, 3.63) is 51.0 Å². The summed E-state index contributed by atoms with van der Waals surface area (Å²) in [6, 6.07) is 9.82. The topological polar surface area (TPSA) is 74.2 Å². The SMILES string of the molecule is COc1c(Cl)cc(NCC(=O)Nc2ccc(C#N)c(Cl)c2)cc1Cl. The normalized spacial score (nSPS) is 9.96. The van der Waals surface area contributed by atoms with Crippen molar-refractivity contribution in [1.82, 2.24) is 0 Å². The first kappa shape index (κ1) is 18.2. The standard InChI is InChI=1S/C16H12Cl3N3O2/c1-24-16-13(18)5-11(6-14(16)19)21-8-15(23)22-10-3-2-9(7-20)12(17)4-10/h2-6,21H,8H2,1H3,(H,22,23). The van der Waals surface area contributed by atoms with Crippen molar-refractivity contribution in [2.75, 3.05) is 24.3 Å². The number of nitrogens with zero attached hydrogens (tertiary/aromatic N) is 1. The van der Waals surface area contributed by atoms with Crippen LogP contribution in [0.25, 0.3) is 0 Å². The Morgan fingerprint density at radius 3 is 2.29 bits per heavy atom. The summed E-state index contributed by atoms with van der Waals surface area (Å²) in [6.07, 6.45) is 0. The first-order valence-electron chi connectivity index (χ1n) is 6.71. The monoisotopic (exact) mass is 383 g/mol. The third-order valence-corrected chi connectivity index (χ3v) is 3.90. The molecule has 0 aliphatic heterocycles. The quantitative estimate of drug-likeness (QED) is 0.791. The van der Waals surface area contributed by atoms with Crippen LogP contribution in [0.1, 0.15) is 5.56 Å². The molecule has 8 heteroatoms. The summed E-state index contributed by atoms with van der Waals surface area (Å²) < 4.78 is 5.06. The highest BCUT2D eigenvalue weighted by molar-refractivity contribution is 6.37. The number of nitriles is 1. The van der Waals surface area contributed by atoms with Gasteiger partial charge in [0.15, 0.2) is 5.75 Å². The van der Waals surface area contributed by atoms with Crippen molar-refractivity contribution in [1.29, 1.82) is 5.26 Å². The second-order valence-electron chi connectivity index (χ2n) is 4.68. The summed E-state index contributed by atoms with van der Waals surface area (Å²) in [4.78, 5) is 12.0. The maximum absolute atomic E-state index is 12.0. The zero-order chi connectivity index (χ0) is 17.7. The van der Waals surface area contributed by atoms with E-state index in [9.17, 15) is 4.79 Å². The Hall–Kier alpha value is -2.13. The van der Waals surface area contributed by atoms with Gasteiger partial charge in [0.2, 0.25) is 5.91 Å². The molecule has 2 aromatic carbocycles. The molecular formula is C16H12Cl3N3O2. The van der Waals surface area contributed by atoms with E-state index in [1.165, 1.54) is 19.2 Å². The molecule has 0 aromatic heterocycles. The van der Waals surface area contributed by atoms with Gasteiger partial charge in [0, 0.05) is 11.4 Å². The maximum atomic E-state index is 12.0. The number of anilines is 2. The minimum Gasteiger partial charge on any atom is -0.494 e. The van der Waals surface area contributed by atoms with Crippen LogP contribution >= 0.6 is 34.8 Å². The molecule has 0 spiro atoms. The number of halogens is 3. The van der Waals surface area contributed by atoms with E-state index in [0.29, 0.717) is 32.7 Å². The predicted octanol–water partition coefficient (Wildman–Crippen LogP) is 4.58. The summed E-state index contributed by atoms with van der Waals surface area (Å²) in [7, 11) is 1.47. The van der Waals surface area contributed by atoms with E-state index in [-0.39, 0.29) is 17.5 Å². The van der Waals surface area contributed by atoms with E-state index in [1.807, 2.05) is 6.07 Å². The van der Waals surface area contributed by atoms with E-state index in [1.54, 1.807) is 18.2 Å². The lowest BCUT2D eigenvalue weighted by molar-refractivity contribution is -0.114. The van der Waals surface area contributed by atoms with Crippen LogP contribution in [-0.4, -0.2) is 19.6 Å². The molecule has 2 N–H and O–H groups in total. The smallest absolute Gasteiger partial charge is 0.243 e. The van der Waals surface area contributed by atoms with E-state index in [4.69, 9.17) is 44.8 Å². The second-order valence-corrected chi connectivity index (χ2v) is 5.90. The number of methoxy groups -OCH3 is 1. The minimum absolute atomic E-state index is 0.00337. The van der Waals surface area contributed by atoms with Crippen LogP contribution in [0.3, 0.4) is 0 Å². The highest BCUT2D eigenvalue weighted by Crippen LogP contribution is 2.35. The molecule has 0 unspecified atom stereocenters. The van der Waals surface area contributed by atoms with Crippen LogP contribution in [0.2, 0.25) is 15.1 Å². The highest BCUT2D eigenvalue weighted by atomic mass is 35.5. The molecule has 0 fully saturated rings. The van der Waals surface area contributed by atoms with Gasteiger partial charge in [-0.2, -0.15) is 5.26 Å². The Morgan fingerprint density at radius 2 is 1.75 bits per heavy atom. The highest BCUT2D eigenvalue weighted by Gasteiger charge is 2.10. The third-order valence-electron chi connectivity index (χ3n) is 3.03. The number of amides is 1. The second kappa shape index (κ2) is 8.11. The first-order chi connectivity index (χ1) is 11.4. The number of rotatable bonds is 5. The molecule has 24 heavy (non-hydrogen) atoms. The number of nitrogens with one attached hydrogen (secondary N) is 2. The van der Waals surface area contributed by atoms with E-state index < -0.39 is 0 Å². The Labute approximate surface area is 154 Å². The molecule has 0 saturated carbocycles. The number of carbonyl (C=O) groups is 1. The van der Waals surface area contributed by atoms with Crippen molar-refractivity contribution >= 4 is 52.1 Å². The van der Waals surface area contributed by atoms with Crippen LogP contribution in [-0.2, 0) is 4.79 Å². The molecule has 0 aliphatic rings. The van der Waals surface area contributed by atoms with Crippen LogP contribution in [0, 0.1) is 11.3 Å². The van der Waals surface area contributed by atoms with Gasteiger partial charge in [0.25, 0.3) is 0 Å². The average molecular weight is 385 g/mol. The molecule has 124 valence electrons. The molecule has 0 aliphatic carbocycles. The van der Waals surface area contributed by atoms with Crippen LogP contribution < -0.4 is 15.4 Å². The van der Waals surface area contributed by atoms with E-state index in [0.717, 1.165) is 0 Å². The molecule has 2 rings (SSSR count). The Morgan fingerprint density at radius 1 is 1.12 bits per heavy atom. The molecule has 5 nitrogen and oxygen atoms in total. The molecule has 0 heterocycles. The van der Waals surface area contributed by atoms with Gasteiger partial charge in [-0.1, -0.05) is 34.8 Å². The minimum atomic E-state index is -0.293.